The minimum absolute atomic E-state index is 0.0809. The average Bonchev–Trinajstić information content (AvgIpc) is 3.25. The predicted octanol–water partition coefficient (Wildman–Crippen LogP) is 4.66. The van der Waals surface area contributed by atoms with Crippen molar-refractivity contribution in [2.75, 3.05) is 0 Å². The van der Waals surface area contributed by atoms with Crippen molar-refractivity contribution in [3.8, 4) is 5.75 Å². The van der Waals surface area contributed by atoms with E-state index in [1.807, 2.05) is 97.1 Å². The fraction of sp³-hybridized carbons (Fsp3) is 0.0769. The second-order valence-electron chi connectivity index (χ2n) is 7.48. The Bertz CT molecular complexity index is 1280. The van der Waals surface area contributed by atoms with E-state index >= 15 is 0 Å². The largest absolute Gasteiger partial charge is 0.508 e. The molecule has 0 aliphatic carbocycles. The fourth-order valence-electron chi connectivity index (χ4n) is 4.20. The SMILES string of the molecule is Oc1ccccc1C(n1nnc2ccccc21)C(O)(c1ccccc1)c1ccccc1. The molecule has 1 atom stereocenters. The molecule has 0 saturated carbocycles. The summed E-state index contributed by atoms with van der Waals surface area (Å²) < 4.78 is 1.70. The molecule has 4 aromatic carbocycles. The van der Waals surface area contributed by atoms with E-state index in [1.54, 1.807) is 16.8 Å². The van der Waals surface area contributed by atoms with Gasteiger partial charge in [0.25, 0.3) is 0 Å². The van der Waals surface area contributed by atoms with Crippen molar-refractivity contribution in [2.24, 2.45) is 0 Å². The Labute approximate surface area is 179 Å². The monoisotopic (exact) mass is 407 g/mol. The van der Waals surface area contributed by atoms with Crippen molar-refractivity contribution in [3.63, 3.8) is 0 Å². The molecule has 5 aromatic rings. The molecule has 1 heterocycles. The molecule has 0 aliphatic rings. The molecule has 0 aliphatic heterocycles. The first kappa shape index (κ1) is 19.0. The molecular weight excluding hydrogens is 386 g/mol. The van der Waals surface area contributed by atoms with Crippen LogP contribution in [0.1, 0.15) is 22.7 Å². The number of aliphatic hydroxyl groups is 1. The maximum Gasteiger partial charge on any atom is 0.141 e. The Morgan fingerprint density at radius 1 is 0.677 bits per heavy atom. The number of rotatable bonds is 5. The highest BCUT2D eigenvalue weighted by Crippen LogP contribution is 2.46. The topological polar surface area (TPSA) is 71.2 Å². The van der Waals surface area contributed by atoms with Crippen molar-refractivity contribution in [3.05, 3.63) is 126 Å². The average molecular weight is 407 g/mol. The molecule has 0 spiro atoms. The third-order valence-corrected chi connectivity index (χ3v) is 5.68. The molecule has 5 nitrogen and oxygen atoms in total. The summed E-state index contributed by atoms with van der Waals surface area (Å²) in [5.41, 5.74) is 1.88. The Kier molecular flexibility index (Phi) is 4.73. The minimum atomic E-state index is -1.53. The zero-order valence-electron chi connectivity index (χ0n) is 16.7. The van der Waals surface area contributed by atoms with Gasteiger partial charge in [-0.2, -0.15) is 0 Å². The van der Waals surface area contributed by atoms with Gasteiger partial charge in [-0.15, -0.1) is 5.10 Å². The first-order valence-electron chi connectivity index (χ1n) is 10.1. The van der Waals surface area contributed by atoms with Gasteiger partial charge in [0, 0.05) is 5.56 Å². The molecule has 5 rings (SSSR count). The van der Waals surface area contributed by atoms with Gasteiger partial charge in [-0.25, -0.2) is 4.68 Å². The molecule has 0 bridgehead atoms. The van der Waals surface area contributed by atoms with Gasteiger partial charge in [0.05, 0.1) is 5.52 Å². The second-order valence-corrected chi connectivity index (χ2v) is 7.48. The summed E-state index contributed by atoms with van der Waals surface area (Å²) in [6.45, 7) is 0. The number of hydrogen-bond acceptors (Lipinski definition) is 4. The van der Waals surface area contributed by atoms with E-state index < -0.39 is 11.6 Å². The zero-order chi connectivity index (χ0) is 21.3. The predicted molar refractivity (Wildman–Crippen MR) is 120 cm³/mol. The molecule has 152 valence electrons. The summed E-state index contributed by atoms with van der Waals surface area (Å²) in [6, 6.07) is 32.8. The van der Waals surface area contributed by atoms with Gasteiger partial charge in [-0.1, -0.05) is 96.2 Å². The van der Waals surface area contributed by atoms with Crippen LogP contribution in [-0.2, 0) is 5.60 Å². The third-order valence-electron chi connectivity index (χ3n) is 5.68. The Hall–Kier alpha value is -3.96. The fourth-order valence-corrected chi connectivity index (χ4v) is 4.20. The van der Waals surface area contributed by atoms with Gasteiger partial charge in [0.15, 0.2) is 0 Å². The minimum Gasteiger partial charge on any atom is -0.508 e. The lowest BCUT2D eigenvalue weighted by Gasteiger charge is -2.38. The van der Waals surface area contributed by atoms with E-state index in [4.69, 9.17) is 0 Å². The summed E-state index contributed by atoms with van der Waals surface area (Å²) in [5.74, 6) is 0.0809. The summed E-state index contributed by atoms with van der Waals surface area (Å²) in [5, 5.41) is 32.1. The lowest BCUT2D eigenvalue weighted by Crippen LogP contribution is -2.39. The van der Waals surface area contributed by atoms with E-state index in [-0.39, 0.29) is 5.75 Å². The van der Waals surface area contributed by atoms with Crippen LogP contribution < -0.4 is 0 Å². The van der Waals surface area contributed by atoms with Crippen LogP contribution in [0.2, 0.25) is 0 Å². The van der Waals surface area contributed by atoms with Crippen molar-refractivity contribution in [2.45, 2.75) is 11.6 Å². The standard InChI is InChI=1S/C26H21N3O2/c30-24-18-10-7-15-21(24)25(29-23-17-9-8-16-22(23)27-28-29)26(31,19-11-3-1-4-12-19)20-13-5-2-6-14-20/h1-18,25,30-31H. The molecule has 1 unspecified atom stereocenters. The van der Waals surface area contributed by atoms with Gasteiger partial charge < -0.3 is 10.2 Å². The van der Waals surface area contributed by atoms with Crippen molar-refractivity contribution >= 4 is 11.0 Å². The lowest BCUT2D eigenvalue weighted by molar-refractivity contribution is 0.0337. The summed E-state index contributed by atoms with van der Waals surface area (Å²) >= 11 is 0. The maximum atomic E-state index is 12.5. The Morgan fingerprint density at radius 3 is 1.87 bits per heavy atom. The molecule has 0 radical (unpaired) electrons. The van der Waals surface area contributed by atoms with Crippen molar-refractivity contribution < 1.29 is 10.2 Å². The van der Waals surface area contributed by atoms with Crippen LogP contribution in [0, 0.1) is 0 Å². The highest BCUT2D eigenvalue weighted by atomic mass is 16.3. The van der Waals surface area contributed by atoms with E-state index in [1.165, 1.54) is 0 Å². The van der Waals surface area contributed by atoms with Crippen LogP contribution in [0.4, 0.5) is 0 Å². The Balaban J connectivity index is 1.87. The van der Waals surface area contributed by atoms with Crippen LogP contribution in [-0.4, -0.2) is 25.2 Å². The number of aromatic hydroxyl groups is 1. The summed E-state index contributed by atoms with van der Waals surface area (Å²) in [7, 11) is 0. The quantitative estimate of drug-likeness (QED) is 0.444. The number of aromatic nitrogens is 3. The van der Waals surface area contributed by atoms with Crippen LogP contribution in [0.25, 0.3) is 11.0 Å². The molecule has 0 fully saturated rings. The highest BCUT2D eigenvalue weighted by molar-refractivity contribution is 5.74. The first-order valence-corrected chi connectivity index (χ1v) is 10.1. The van der Waals surface area contributed by atoms with Crippen LogP contribution >= 0.6 is 0 Å². The number of phenolic OH excluding ortho intramolecular Hbond substituents is 1. The zero-order valence-corrected chi connectivity index (χ0v) is 16.7. The van der Waals surface area contributed by atoms with E-state index in [0.29, 0.717) is 22.2 Å². The van der Waals surface area contributed by atoms with Crippen molar-refractivity contribution in [1.29, 1.82) is 0 Å². The molecule has 1 aromatic heterocycles. The van der Waals surface area contributed by atoms with Gasteiger partial charge >= 0.3 is 0 Å². The van der Waals surface area contributed by atoms with Crippen LogP contribution in [0.3, 0.4) is 0 Å². The third kappa shape index (κ3) is 3.16. The van der Waals surface area contributed by atoms with Gasteiger partial charge in [-0.05, 0) is 29.3 Å². The molecule has 0 saturated heterocycles. The number of nitrogens with zero attached hydrogens (tertiary/aromatic N) is 3. The number of phenols is 1. The summed E-state index contributed by atoms with van der Waals surface area (Å²) in [4.78, 5) is 0. The highest BCUT2D eigenvalue weighted by Gasteiger charge is 2.44. The first-order chi connectivity index (χ1) is 15.2. The summed E-state index contributed by atoms with van der Waals surface area (Å²) in [6.07, 6.45) is 0. The second kappa shape index (κ2) is 7.70. The molecule has 2 N–H and O–H groups in total. The number of para-hydroxylation sites is 2. The molecular formula is C26H21N3O2. The normalized spacial score (nSPS) is 12.7. The molecule has 31 heavy (non-hydrogen) atoms. The number of fused-ring (bicyclic) bond motifs is 1. The van der Waals surface area contributed by atoms with Crippen molar-refractivity contribution in [1.82, 2.24) is 15.0 Å². The smallest absolute Gasteiger partial charge is 0.141 e. The van der Waals surface area contributed by atoms with Gasteiger partial charge in [0.2, 0.25) is 0 Å². The number of hydrogen-bond donors (Lipinski definition) is 2. The molecule has 0 amide bonds. The lowest BCUT2D eigenvalue weighted by atomic mass is 9.77. The van der Waals surface area contributed by atoms with Gasteiger partial charge in [-0.3, -0.25) is 0 Å². The number of benzene rings is 4. The van der Waals surface area contributed by atoms with E-state index in [0.717, 1.165) is 5.52 Å². The van der Waals surface area contributed by atoms with E-state index in [9.17, 15) is 10.2 Å². The molecule has 5 heteroatoms. The van der Waals surface area contributed by atoms with Gasteiger partial charge in [0.1, 0.15) is 22.9 Å². The Morgan fingerprint density at radius 2 is 1.23 bits per heavy atom. The van der Waals surface area contributed by atoms with Crippen LogP contribution in [0.5, 0.6) is 5.75 Å². The maximum absolute atomic E-state index is 12.5. The van der Waals surface area contributed by atoms with Crippen LogP contribution in [0.15, 0.2) is 109 Å². The van der Waals surface area contributed by atoms with E-state index in [2.05, 4.69) is 10.3 Å².